The van der Waals surface area contributed by atoms with E-state index in [1.807, 2.05) is 25.1 Å². The Hall–Kier alpha value is -1.41. The summed E-state index contributed by atoms with van der Waals surface area (Å²) >= 11 is 4.50. The molecule has 1 aromatic carbocycles. The second-order valence-electron chi connectivity index (χ2n) is 3.51. The van der Waals surface area contributed by atoms with Gasteiger partial charge >= 0.3 is 5.97 Å². The lowest BCUT2D eigenvalue weighted by Gasteiger charge is -2.06. The summed E-state index contributed by atoms with van der Waals surface area (Å²) in [5.41, 5.74) is 1.85. The number of hydrogen-bond acceptors (Lipinski definition) is 5. The van der Waals surface area contributed by atoms with Gasteiger partial charge in [0.15, 0.2) is 0 Å². The molecule has 0 bridgehead atoms. The first-order valence-electron chi connectivity index (χ1n) is 4.97. The fourth-order valence-corrected chi connectivity index (χ4v) is 2.35. The number of halogens is 1. The van der Waals surface area contributed by atoms with Crippen molar-refractivity contribution in [1.29, 1.82) is 0 Å². The second kappa shape index (κ2) is 5.49. The Bertz CT molecular complexity index is 587. The van der Waals surface area contributed by atoms with Crippen molar-refractivity contribution in [3.05, 3.63) is 28.2 Å². The lowest BCUT2D eigenvalue weighted by molar-refractivity contribution is -0.133. The number of aryl methyl sites for hydroxylation is 1. The van der Waals surface area contributed by atoms with Crippen LogP contribution in [0.25, 0.3) is 5.69 Å². The van der Waals surface area contributed by atoms with Gasteiger partial charge in [-0.3, -0.25) is 4.79 Å². The lowest BCUT2D eigenvalue weighted by atomic mass is 10.2. The molecule has 94 valence electrons. The molecule has 0 atom stereocenters. The van der Waals surface area contributed by atoms with Crippen LogP contribution in [-0.2, 0) is 4.79 Å². The molecule has 0 radical (unpaired) electrons. The Morgan fingerprint density at radius 3 is 3.06 bits per heavy atom. The predicted molar refractivity (Wildman–Crippen MR) is 70.0 cm³/mol. The van der Waals surface area contributed by atoms with Gasteiger partial charge in [-0.15, -0.1) is 5.10 Å². The van der Waals surface area contributed by atoms with Gasteiger partial charge in [-0.2, -0.15) is 4.68 Å². The van der Waals surface area contributed by atoms with Crippen molar-refractivity contribution in [3.8, 4) is 5.69 Å². The molecule has 18 heavy (non-hydrogen) atoms. The summed E-state index contributed by atoms with van der Waals surface area (Å²) < 4.78 is 2.36. The minimum absolute atomic E-state index is 0.0796. The van der Waals surface area contributed by atoms with Crippen LogP contribution >= 0.6 is 27.7 Å². The number of thioether (sulfide) groups is 1. The van der Waals surface area contributed by atoms with Gasteiger partial charge in [0, 0.05) is 4.47 Å². The molecule has 0 aliphatic heterocycles. The summed E-state index contributed by atoms with van der Waals surface area (Å²) in [6, 6.07) is 5.78. The molecule has 1 aromatic heterocycles. The minimum Gasteiger partial charge on any atom is -0.481 e. The van der Waals surface area contributed by atoms with Crippen LogP contribution in [0, 0.1) is 6.92 Å². The van der Waals surface area contributed by atoms with Crippen LogP contribution in [0.2, 0.25) is 0 Å². The summed E-state index contributed by atoms with van der Waals surface area (Å²) in [7, 11) is 0. The number of aromatic nitrogens is 4. The first-order valence-corrected chi connectivity index (χ1v) is 6.75. The molecule has 0 unspecified atom stereocenters. The summed E-state index contributed by atoms with van der Waals surface area (Å²) in [5, 5.41) is 20.4. The number of aliphatic carboxylic acids is 1. The zero-order chi connectivity index (χ0) is 13.1. The van der Waals surface area contributed by atoms with E-state index < -0.39 is 5.97 Å². The van der Waals surface area contributed by atoms with Crippen LogP contribution in [-0.4, -0.2) is 37.0 Å². The normalized spacial score (nSPS) is 10.6. The van der Waals surface area contributed by atoms with E-state index in [0.717, 1.165) is 27.5 Å². The average Bonchev–Trinajstić information content (AvgIpc) is 2.77. The molecule has 1 heterocycles. The first kappa shape index (κ1) is 13.0. The maximum absolute atomic E-state index is 10.6. The van der Waals surface area contributed by atoms with E-state index in [1.165, 1.54) is 4.68 Å². The zero-order valence-electron chi connectivity index (χ0n) is 9.37. The highest BCUT2D eigenvalue weighted by Crippen LogP contribution is 2.25. The summed E-state index contributed by atoms with van der Waals surface area (Å²) in [5.74, 6) is -0.984. The molecule has 2 aromatic rings. The smallest absolute Gasteiger partial charge is 0.313 e. The second-order valence-corrected chi connectivity index (χ2v) is 5.31. The van der Waals surface area contributed by atoms with E-state index in [9.17, 15) is 4.79 Å². The van der Waals surface area contributed by atoms with Crippen molar-refractivity contribution in [3.63, 3.8) is 0 Å². The quantitative estimate of drug-likeness (QED) is 0.863. The van der Waals surface area contributed by atoms with Gasteiger partial charge in [-0.05, 0) is 51.0 Å². The van der Waals surface area contributed by atoms with Crippen LogP contribution in [0.4, 0.5) is 0 Å². The minimum atomic E-state index is -0.905. The highest BCUT2D eigenvalue weighted by molar-refractivity contribution is 9.10. The Morgan fingerprint density at radius 1 is 1.56 bits per heavy atom. The van der Waals surface area contributed by atoms with Gasteiger partial charge in [-0.1, -0.05) is 17.8 Å². The fourth-order valence-electron chi connectivity index (χ4n) is 1.33. The number of rotatable bonds is 4. The summed E-state index contributed by atoms with van der Waals surface area (Å²) in [4.78, 5) is 10.6. The van der Waals surface area contributed by atoms with Crippen LogP contribution < -0.4 is 0 Å². The van der Waals surface area contributed by atoms with E-state index in [1.54, 1.807) is 0 Å². The topological polar surface area (TPSA) is 80.9 Å². The van der Waals surface area contributed by atoms with E-state index in [0.29, 0.717) is 5.16 Å². The molecular weight excluding hydrogens is 320 g/mol. The van der Waals surface area contributed by atoms with Crippen LogP contribution in [0.1, 0.15) is 5.56 Å². The molecule has 0 saturated heterocycles. The van der Waals surface area contributed by atoms with E-state index >= 15 is 0 Å². The third-order valence-corrected chi connectivity index (χ3v) is 3.67. The molecule has 0 fully saturated rings. The SMILES string of the molecule is Cc1ccc(Br)c(-n2nnnc2SCC(=O)O)c1. The first-order chi connectivity index (χ1) is 8.58. The van der Waals surface area contributed by atoms with Crippen LogP contribution in [0.3, 0.4) is 0 Å². The monoisotopic (exact) mass is 328 g/mol. The van der Waals surface area contributed by atoms with Crippen molar-refractivity contribution in [1.82, 2.24) is 20.2 Å². The van der Waals surface area contributed by atoms with E-state index in [-0.39, 0.29) is 5.75 Å². The number of benzene rings is 1. The van der Waals surface area contributed by atoms with Gasteiger partial charge in [0.05, 0.1) is 11.4 Å². The predicted octanol–water partition coefficient (Wildman–Crippen LogP) is 1.91. The molecule has 1 N–H and O–H groups in total. The van der Waals surface area contributed by atoms with E-state index in [4.69, 9.17) is 5.11 Å². The Balaban J connectivity index is 2.36. The number of nitrogens with zero attached hydrogens (tertiary/aromatic N) is 4. The largest absolute Gasteiger partial charge is 0.481 e. The lowest BCUT2D eigenvalue weighted by Crippen LogP contribution is -2.03. The number of tetrazole rings is 1. The zero-order valence-corrected chi connectivity index (χ0v) is 11.8. The Morgan fingerprint density at radius 2 is 2.33 bits per heavy atom. The molecular formula is C10H9BrN4O2S. The third-order valence-electron chi connectivity index (χ3n) is 2.10. The standard InChI is InChI=1S/C10H9BrN4O2S/c1-6-2-3-7(11)8(4-6)15-10(12-13-14-15)18-5-9(16)17/h2-4H,5H2,1H3,(H,16,17). The van der Waals surface area contributed by atoms with Crippen molar-refractivity contribution >= 4 is 33.7 Å². The Labute approximate surface area is 116 Å². The van der Waals surface area contributed by atoms with Gasteiger partial charge in [0.25, 0.3) is 0 Å². The van der Waals surface area contributed by atoms with Crippen molar-refractivity contribution in [2.75, 3.05) is 5.75 Å². The fraction of sp³-hybridized carbons (Fsp3) is 0.200. The van der Waals surface area contributed by atoms with Gasteiger partial charge in [-0.25, -0.2) is 0 Å². The summed E-state index contributed by atoms with van der Waals surface area (Å²) in [6.07, 6.45) is 0. The molecule has 0 saturated carbocycles. The average molecular weight is 329 g/mol. The molecule has 0 aliphatic carbocycles. The molecule has 8 heteroatoms. The number of carbonyl (C=O) groups is 1. The highest BCUT2D eigenvalue weighted by Gasteiger charge is 2.13. The van der Waals surface area contributed by atoms with Gasteiger partial charge in [0.2, 0.25) is 5.16 Å². The van der Waals surface area contributed by atoms with Crippen molar-refractivity contribution < 1.29 is 9.90 Å². The Kier molecular flexibility index (Phi) is 3.97. The molecule has 6 nitrogen and oxygen atoms in total. The number of carboxylic acid groups (broad SMARTS) is 1. The van der Waals surface area contributed by atoms with E-state index in [2.05, 4.69) is 31.5 Å². The molecule has 2 rings (SSSR count). The van der Waals surface area contributed by atoms with Gasteiger partial charge in [0.1, 0.15) is 0 Å². The molecule has 0 amide bonds. The van der Waals surface area contributed by atoms with Crippen molar-refractivity contribution in [2.24, 2.45) is 0 Å². The third kappa shape index (κ3) is 2.88. The maximum Gasteiger partial charge on any atom is 0.313 e. The summed E-state index contributed by atoms with van der Waals surface area (Å²) in [6.45, 7) is 1.96. The van der Waals surface area contributed by atoms with Crippen LogP contribution in [0.15, 0.2) is 27.8 Å². The number of carboxylic acids is 1. The molecule has 0 aliphatic rings. The highest BCUT2D eigenvalue weighted by atomic mass is 79.9. The molecule has 0 spiro atoms. The van der Waals surface area contributed by atoms with Crippen molar-refractivity contribution in [2.45, 2.75) is 12.1 Å². The van der Waals surface area contributed by atoms with Crippen LogP contribution in [0.5, 0.6) is 0 Å². The van der Waals surface area contributed by atoms with Gasteiger partial charge < -0.3 is 5.11 Å². The number of hydrogen-bond donors (Lipinski definition) is 1. The maximum atomic E-state index is 10.6.